The van der Waals surface area contributed by atoms with Crippen LogP contribution in [0.3, 0.4) is 0 Å². The number of aliphatic hydroxyl groups excluding tert-OH is 2. The molecule has 0 radical (unpaired) electrons. The van der Waals surface area contributed by atoms with Crippen LogP contribution in [0.15, 0.2) is 64.1 Å². The molecule has 208 valence electrons. The first-order valence-corrected chi connectivity index (χ1v) is 12.7. The molecule has 0 bridgehead atoms. The Kier molecular flexibility index (Phi) is 6.51. The van der Waals surface area contributed by atoms with Crippen LogP contribution in [0.1, 0.15) is 22.3 Å². The summed E-state index contributed by atoms with van der Waals surface area (Å²) in [5, 5.41) is 47.6. The number of rotatable bonds is 5. The number of nitrogens with zero attached hydrogens (tertiary/aromatic N) is 2. The normalized spacial score (nSPS) is 26.2. The number of Topliss-reactive ketones (excluding diaryl/α,β-unsaturated/α-hetero) is 2. The molecule has 40 heavy (non-hydrogen) atoms. The standard InChI is InChI=1S/C29H30N4O7/c1-31-12-32-15-6-4-13(5-7-15)16-8-9-19(34)21-17(16)10-14-11-18-23(33(2)3)25(36)22(28(30)39)27(38)29(18,40)26(37)20(14)24(21)35/h4-9,12,14,18,23,34,36-37,40H,10-11H2,1-3H3,(H2,30,39)(H,31,32)/t14-,18-,23-,29+/m1/s1. The van der Waals surface area contributed by atoms with Crippen molar-refractivity contribution in [2.75, 3.05) is 21.1 Å². The minimum atomic E-state index is -2.67. The number of phenolic OH excluding ortho intramolecular Hbond substituents is 1. The Morgan fingerprint density at radius 3 is 2.40 bits per heavy atom. The van der Waals surface area contributed by atoms with Crippen molar-refractivity contribution in [3.8, 4) is 16.9 Å². The Morgan fingerprint density at radius 1 is 1.12 bits per heavy atom. The molecule has 0 aliphatic heterocycles. The van der Waals surface area contributed by atoms with Gasteiger partial charge in [-0.3, -0.25) is 19.3 Å². The molecule has 0 spiro atoms. The number of carbonyl (C=O) groups is 3. The zero-order valence-corrected chi connectivity index (χ0v) is 22.2. The third-order valence-electron chi connectivity index (χ3n) is 8.13. The molecule has 0 fully saturated rings. The van der Waals surface area contributed by atoms with E-state index in [1.807, 2.05) is 24.3 Å². The Balaban J connectivity index is 1.66. The molecule has 3 aliphatic rings. The molecule has 0 aromatic heterocycles. The summed E-state index contributed by atoms with van der Waals surface area (Å²) in [6.07, 6.45) is 1.79. The number of allylic oxidation sites excluding steroid dienone is 1. The zero-order chi connectivity index (χ0) is 29.1. The van der Waals surface area contributed by atoms with Crippen molar-refractivity contribution >= 4 is 29.5 Å². The summed E-state index contributed by atoms with van der Waals surface area (Å²) in [6.45, 7) is 0. The van der Waals surface area contributed by atoms with E-state index in [4.69, 9.17) is 5.73 Å². The quantitative estimate of drug-likeness (QED) is 0.184. The summed E-state index contributed by atoms with van der Waals surface area (Å²) >= 11 is 0. The minimum absolute atomic E-state index is 0.0263. The number of fused-ring (bicyclic) bond motifs is 3. The van der Waals surface area contributed by atoms with Crippen LogP contribution < -0.4 is 11.1 Å². The van der Waals surface area contributed by atoms with Gasteiger partial charge >= 0.3 is 0 Å². The number of benzene rings is 2. The molecule has 11 nitrogen and oxygen atoms in total. The van der Waals surface area contributed by atoms with E-state index in [0.717, 1.165) is 5.56 Å². The Morgan fingerprint density at radius 2 is 1.80 bits per heavy atom. The number of aliphatic imine (C=N–C) groups is 1. The van der Waals surface area contributed by atoms with Gasteiger partial charge in [0.1, 0.15) is 22.8 Å². The van der Waals surface area contributed by atoms with Crippen LogP contribution in [0.2, 0.25) is 0 Å². The summed E-state index contributed by atoms with van der Waals surface area (Å²) in [4.78, 5) is 45.1. The van der Waals surface area contributed by atoms with Gasteiger partial charge in [0.2, 0.25) is 5.78 Å². The summed E-state index contributed by atoms with van der Waals surface area (Å²) < 4.78 is 0. The first kappa shape index (κ1) is 27.1. The Labute approximate surface area is 230 Å². The lowest BCUT2D eigenvalue weighted by atomic mass is 9.58. The molecule has 5 rings (SSSR count). The second-order valence-electron chi connectivity index (χ2n) is 10.5. The van der Waals surface area contributed by atoms with Gasteiger partial charge in [-0.2, -0.15) is 0 Å². The Bertz CT molecular complexity index is 1540. The first-order valence-electron chi connectivity index (χ1n) is 12.7. The van der Waals surface area contributed by atoms with Crippen LogP contribution in [0.4, 0.5) is 5.69 Å². The number of aliphatic hydroxyl groups is 3. The summed E-state index contributed by atoms with van der Waals surface area (Å²) in [7, 11) is 4.92. The average molecular weight is 547 g/mol. The predicted molar refractivity (Wildman–Crippen MR) is 146 cm³/mol. The highest BCUT2D eigenvalue weighted by molar-refractivity contribution is 6.24. The fraction of sp³-hybridized carbons (Fsp3) is 0.310. The van der Waals surface area contributed by atoms with Crippen LogP contribution in [-0.2, 0) is 16.0 Å². The van der Waals surface area contributed by atoms with Gasteiger partial charge in [-0.25, -0.2) is 4.99 Å². The maximum absolute atomic E-state index is 13.9. The number of ketones is 2. The van der Waals surface area contributed by atoms with Crippen molar-refractivity contribution in [1.82, 2.24) is 10.2 Å². The number of hydrogen-bond acceptors (Lipinski definition) is 9. The van der Waals surface area contributed by atoms with E-state index >= 15 is 0 Å². The molecule has 2 aromatic rings. The van der Waals surface area contributed by atoms with Crippen molar-refractivity contribution in [1.29, 1.82) is 0 Å². The second-order valence-corrected chi connectivity index (χ2v) is 10.5. The lowest BCUT2D eigenvalue weighted by molar-refractivity contribution is -0.148. The van der Waals surface area contributed by atoms with Crippen LogP contribution in [-0.4, -0.2) is 81.9 Å². The van der Waals surface area contributed by atoms with Gasteiger partial charge in [-0.1, -0.05) is 18.2 Å². The van der Waals surface area contributed by atoms with Gasteiger partial charge in [0, 0.05) is 18.5 Å². The fourth-order valence-electron chi connectivity index (χ4n) is 6.39. The number of carbonyl (C=O) groups excluding carboxylic acids is 3. The summed E-state index contributed by atoms with van der Waals surface area (Å²) in [5.74, 6) is -6.76. The van der Waals surface area contributed by atoms with E-state index in [1.54, 1.807) is 33.5 Å². The van der Waals surface area contributed by atoms with Crippen molar-refractivity contribution in [2.24, 2.45) is 22.6 Å². The molecule has 1 amide bonds. The van der Waals surface area contributed by atoms with Crippen LogP contribution in [0.5, 0.6) is 5.75 Å². The lowest BCUT2D eigenvalue weighted by Gasteiger charge is -2.50. The summed E-state index contributed by atoms with van der Waals surface area (Å²) in [5.41, 5.74) is 4.40. The number of aromatic hydroxyl groups is 1. The van der Waals surface area contributed by atoms with Crippen LogP contribution in [0.25, 0.3) is 11.1 Å². The molecule has 0 saturated heterocycles. The maximum Gasteiger partial charge on any atom is 0.255 e. The third-order valence-corrected chi connectivity index (χ3v) is 8.13. The first-order chi connectivity index (χ1) is 18.9. The number of primary amides is 1. The minimum Gasteiger partial charge on any atom is -0.510 e. The van der Waals surface area contributed by atoms with Gasteiger partial charge < -0.3 is 31.5 Å². The largest absolute Gasteiger partial charge is 0.510 e. The van der Waals surface area contributed by atoms with E-state index < -0.39 is 58.0 Å². The molecule has 0 unspecified atom stereocenters. The monoisotopic (exact) mass is 546 g/mol. The molecule has 7 N–H and O–H groups in total. The van der Waals surface area contributed by atoms with Crippen LogP contribution in [0, 0.1) is 11.8 Å². The molecule has 4 atom stereocenters. The molecule has 0 saturated carbocycles. The maximum atomic E-state index is 13.9. The number of phenols is 1. The van der Waals surface area contributed by atoms with Gasteiger partial charge in [0.25, 0.3) is 5.91 Å². The molecule has 3 aliphatic carbocycles. The highest BCUT2D eigenvalue weighted by atomic mass is 16.3. The zero-order valence-electron chi connectivity index (χ0n) is 22.2. The van der Waals surface area contributed by atoms with Gasteiger partial charge in [-0.15, -0.1) is 0 Å². The highest BCUT2D eigenvalue weighted by Crippen LogP contribution is 2.53. The van der Waals surface area contributed by atoms with Gasteiger partial charge in [0.05, 0.1) is 23.6 Å². The van der Waals surface area contributed by atoms with E-state index in [2.05, 4.69) is 10.3 Å². The molecule has 11 heteroatoms. The molecule has 0 heterocycles. The number of nitrogens with two attached hydrogens (primary N) is 1. The van der Waals surface area contributed by atoms with Crippen molar-refractivity contribution < 1.29 is 34.8 Å². The topological polar surface area (TPSA) is 186 Å². The predicted octanol–water partition coefficient (Wildman–Crippen LogP) is 1.67. The number of amides is 1. The second kappa shape index (κ2) is 9.61. The van der Waals surface area contributed by atoms with E-state index in [-0.39, 0.29) is 29.7 Å². The Hall–Kier alpha value is -4.48. The number of nitrogens with one attached hydrogen (secondary N) is 1. The lowest BCUT2D eigenvalue weighted by Crippen LogP contribution is -2.63. The summed E-state index contributed by atoms with van der Waals surface area (Å²) in [6, 6.07) is 9.37. The smallest absolute Gasteiger partial charge is 0.255 e. The van der Waals surface area contributed by atoms with Crippen molar-refractivity contribution in [2.45, 2.75) is 24.5 Å². The SMILES string of the molecule is CN/C=N\c1ccc(-c2ccc(O)c3c2C[C@@H]2C[C@@H]4[C@@H](N(C)C)C(O)=C(C(N)=O)C(=O)[C@@]4(O)C(O)=C2C3=O)cc1. The number of likely N-dealkylation sites (N-methyl/N-ethyl adjacent to an activating group) is 1. The highest BCUT2D eigenvalue weighted by Gasteiger charge is 2.63. The van der Waals surface area contributed by atoms with E-state index in [0.29, 0.717) is 16.8 Å². The van der Waals surface area contributed by atoms with E-state index in [9.17, 15) is 34.8 Å². The van der Waals surface area contributed by atoms with Crippen LogP contribution >= 0.6 is 0 Å². The van der Waals surface area contributed by atoms with Crippen molar-refractivity contribution in [3.05, 3.63) is 70.2 Å². The third kappa shape index (κ3) is 3.81. The average Bonchev–Trinajstić information content (AvgIpc) is 2.89. The number of hydrogen-bond donors (Lipinski definition) is 6. The van der Waals surface area contributed by atoms with Gasteiger partial charge in [0.15, 0.2) is 11.4 Å². The fourth-order valence-corrected chi connectivity index (χ4v) is 6.39. The molecular weight excluding hydrogens is 516 g/mol. The van der Waals surface area contributed by atoms with Gasteiger partial charge in [-0.05, 0) is 67.7 Å². The van der Waals surface area contributed by atoms with Crippen molar-refractivity contribution in [3.63, 3.8) is 0 Å². The molecule has 2 aromatic carbocycles. The molecular formula is C29H30N4O7. The van der Waals surface area contributed by atoms with E-state index in [1.165, 1.54) is 11.0 Å².